The van der Waals surface area contributed by atoms with Crippen molar-refractivity contribution in [3.63, 3.8) is 0 Å². The molecule has 0 aliphatic carbocycles. The predicted octanol–water partition coefficient (Wildman–Crippen LogP) is 7.06. The SMILES string of the molecule is CC[C@H](C)[C@@H](CN(Cc1cccc2ccccc12)C(=O)c1ccc(Cl)cc1)NC(=O)Cc1cncn1Cc1ccc([N+](=O)[O-])cc1. The Morgan fingerprint density at radius 2 is 1.72 bits per heavy atom. The number of non-ortho nitro benzene ring substituents is 1. The normalized spacial score (nSPS) is 12.4. The first kappa shape index (κ1) is 32.4. The van der Waals surface area contributed by atoms with Crippen molar-refractivity contribution in [3.8, 4) is 0 Å². The van der Waals surface area contributed by atoms with E-state index < -0.39 is 4.92 Å². The standard InChI is InChI=1S/C36H36ClN5O4/c1-3-25(2)34(39-35(43)19-32-20-38-24-41(32)21-26-11-17-31(18-12-26)42(45)46)23-40(36(44)28-13-15-30(37)16-14-28)22-29-9-6-8-27-7-4-5-10-33(27)29/h4-18,20,24-25,34H,3,19,21-23H2,1-2H3,(H,39,43)/t25-,34+/m0/s1. The van der Waals surface area contributed by atoms with E-state index in [-0.39, 0.29) is 35.9 Å². The minimum atomic E-state index is -0.434. The van der Waals surface area contributed by atoms with Crippen molar-refractivity contribution in [1.29, 1.82) is 0 Å². The second-order valence-electron chi connectivity index (χ2n) is 11.5. The molecule has 5 rings (SSSR count). The van der Waals surface area contributed by atoms with Gasteiger partial charge in [-0.05, 0) is 52.1 Å². The van der Waals surface area contributed by atoms with E-state index in [2.05, 4.69) is 42.3 Å². The van der Waals surface area contributed by atoms with Crippen molar-refractivity contribution in [2.24, 2.45) is 5.92 Å². The second-order valence-corrected chi connectivity index (χ2v) is 11.9. The summed E-state index contributed by atoms with van der Waals surface area (Å²) in [5.74, 6) is -0.241. The number of nitro benzene ring substituents is 1. The maximum absolute atomic E-state index is 14.0. The third-order valence-electron chi connectivity index (χ3n) is 8.35. The van der Waals surface area contributed by atoms with E-state index in [9.17, 15) is 19.7 Å². The van der Waals surface area contributed by atoms with E-state index in [4.69, 9.17) is 11.6 Å². The van der Waals surface area contributed by atoms with Gasteiger partial charge in [-0.2, -0.15) is 0 Å². The molecule has 5 aromatic rings. The molecule has 2 amide bonds. The zero-order valence-electron chi connectivity index (χ0n) is 25.8. The topological polar surface area (TPSA) is 110 Å². The van der Waals surface area contributed by atoms with Gasteiger partial charge in [-0.3, -0.25) is 19.7 Å². The third-order valence-corrected chi connectivity index (χ3v) is 8.61. The molecule has 0 bridgehead atoms. The van der Waals surface area contributed by atoms with Crippen LogP contribution in [-0.4, -0.2) is 43.8 Å². The van der Waals surface area contributed by atoms with Crippen LogP contribution in [0.15, 0.2) is 104 Å². The number of carbonyl (C=O) groups excluding carboxylic acids is 2. The van der Waals surface area contributed by atoms with Gasteiger partial charge < -0.3 is 14.8 Å². The van der Waals surface area contributed by atoms with Gasteiger partial charge in [0.2, 0.25) is 5.91 Å². The summed E-state index contributed by atoms with van der Waals surface area (Å²) < 4.78 is 1.86. The average molecular weight is 638 g/mol. The van der Waals surface area contributed by atoms with Gasteiger partial charge in [-0.25, -0.2) is 4.98 Å². The van der Waals surface area contributed by atoms with E-state index in [0.717, 1.165) is 28.3 Å². The first-order chi connectivity index (χ1) is 22.2. The Balaban J connectivity index is 1.35. The van der Waals surface area contributed by atoms with E-state index in [1.807, 2.05) is 28.8 Å². The lowest BCUT2D eigenvalue weighted by Gasteiger charge is -2.32. The summed E-state index contributed by atoms with van der Waals surface area (Å²) in [6.07, 6.45) is 4.20. The van der Waals surface area contributed by atoms with Crippen LogP contribution in [0.1, 0.15) is 47.4 Å². The van der Waals surface area contributed by atoms with Gasteiger partial charge in [-0.1, -0.05) is 86.5 Å². The largest absolute Gasteiger partial charge is 0.351 e. The maximum Gasteiger partial charge on any atom is 0.269 e. The van der Waals surface area contributed by atoms with Gasteiger partial charge in [0.1, 0.15) is 0 Å². The lowest BCUT2D eigenvalue weighted by atomic mass is 9.97. The van der Waals surface area contributed by atoms with Crippen molar-refractivity contribution >= 4 is 39.9 Å². The summed E-state index contributed by atoms with van der Waals surface area (Å²) in [6.45, 7) is 5.25. The molecular weight excluding hydrogens is 602 g/mol. The Hall–Kier alpha value is -5.02. The van der Waals surface area contributed by atoms with Crippen LogP contribution in [0.3, 0.4) is 0 Å². The van der Waals surface area contributed by atoms with Gasteiger partial charge in [0.05, 0.1) is 17.7 Å². The fourth-order valence-electron chi connectivity index (χ4n) is 5.50. The van der Waals surface area contributed by atoms with Crippen molar-refractivity contribution in [2.75, 3.05) is 6.54 Å². The Labute approximate surface area is 273 Å². The highest BCUT2D eigenvalue weighted by molar-refractivity contribution is 6.30. The summed E-state index contributed by atoms with van der Waals surface area (Å²) in [7, 11) is 0. The number of halogens is 1. The van der Waals surface area contributed by atoms with E-state index >= 15 is 0 Å². The lowest BCUT2D eigenvalue weighted by Crippen LogP contribution is -2.49. The molecule has 2 atom stereocenters. The molecule has 10 heteroatoms. The zero-order chi connectivity index (χ0) is 32.6. The van der Waals surface area contributed by atoms with Crippen molar-refractivity contribution < 1.29 is 14.5 Å². The number of hydrogen-bond acceptors (Lipinski definition) is 5. The molecule has 0 fully saturated rings. The number of nitro groups is 1. The number of rotatable bonds is 13. The van der Waals surface area contributed by atoms with Crippen molar-refractivity contribution in [1.82, 2.24) is 19.8 Å². The fraction of sp³-hybridized carbons (Fsp3) is 0.250. The van der Waals surface area contributed by atoms with Gasteiger partial charge >= 0.3 is 0 Å². The van der Waals surface area contributed by atoms with Crippen LogP contribution >= 0.6 is 11.6 Å². The molecule has 236 valence electrons. The number of amides is 2. The lowest BCUT2D eigenvalue weighted by molar-refractivity contribution is -0.384. The number of carbonyl (C=O) groups is 2. The number of nitrogens with one attached hydrogen (secondary N) is 1. The van der Waals surface area contributed by atoms with Crippen LogP contribution in [0.25, 0.3) is 10.8 Å². The van der Waals surface area contributed by atoms with Crippen LogP contribution in [0.2, 0.25) is 5.02 Å². The van der Waals surface area contributed by atoms with E-state index in [0.29, 0.717) is 35.9 Å². The highest BCUT2D eigenvalue weighted by atomic mass is 35.5. The second kappa shape index (κ2) is 14.8. The van der Waals surface area contributed by atoms with Crippen LogP contribution in [0.5, 0.6) is 0 Å². The fourth-order valence-corrected chi connectivity index (χ4v) is 5.63. The maximum atomic E-state index is 14.0. The summed E-state index contributed by atoms with van der Waals surface area (Å²) in [6, 6.07) is 27.1. The Bertz CT molecular complexity index is 1820. The summed E-state index contributed by atoms with van der Waals surface area (Å²) in [5.41, 5.74) is 3.13. The van der Waals surface area contributed by atoms with E-state index in [1.54, 1.807) is 53.8 Å². The minimum absolute atomic E-state index is 0.0223. The number of aromatic nitrogens is 2. The molecule has 1 heterocycles. The third kappa shape index (κ3) is 7.97. The molecule has 0 spiro atoms. The molecule has 0 radical (unpaired) electrons. The Kier molecular flexibility index (Phi) is 10.4. The molecule has 0 aliphatic heterocycles. The molecule has 1 N–H and O–H groups in total. The summed E-state index contributed by atoms with van der Waals surface area (Å²) in [5, 5.41) is 16.9. The van der Waals surface area contributed by atoms with Crippen LogP contribution in [0, 0.1) is 16.0 Å². The number of nitrogens with zero attached hydrogens (tertiary/aromatic N) is 4. The predicted molar refractivity (Wildman–Crippen MR) is 180 cm³/mol. The van der Waals surface area contributed by atoms with Crippen molar-refractivity contribution in [3.05, 3.63) is 141 Å². The first-order valence-electron chi connectivity index (χ1n) is 15.2. The van der Waals surface area contributed by atoms with Crippen molar-refractivity contribution in [2.45, 2.75) is 45.8 Å². The molecule has 1 aromatic heterocycles. The van der Waals surface area contributed by atoms with Gasteiger partial charge in [0.25, 0.3) is 11.6 Å². The molecule has 9 nitrogen and oxygen atoms in total. The molecular formula is C36H36ClN5O4. The monoisotopic (exact) mass is 637 g/mol. The minimum Gasteiger partial charge on any atom is -0.351 e. The zero-order valence-corrected chi connectivity index (χ0v) is 26.6. The Morgan fingerprint density at radius 3 is 2.43 bits per heavy atom. The number of hydrogen-bond donors (Lipinski definition) is 1. The van der Waals surface area contributed by atoms with Gasteiger partial charge in [-0.15, -0.1) is 0 Å². The molecule has 0 unspecified atom stereocenters. The van der Waals surface area contributed by atoms with Crippen LogP contribution < -0.4 is 5.32 Å². The number of fused-ring (bicyclic) bond motifs is 1. The Morgan fingerprint density at radius 1 is 1.00 bits per heavy atom. The molecule has 0 aliphatic rings. The van der Waals surface area contributed by atoms with Gasteiger partial charge in [0.15, 0.2) is 0 Å². The first-order valence-corrected chi connectivity index (χ1v) is 15.6. The molecule has 0 saturated heterocycles. The quantitative estimate of drug-likeness (QED) is 0.110. The number of benzene rings is 4. The van der Waals surface area contributed by atoms with Crippen LogP contribution in [0.4, 0.5) is 5.69 Å². The summed E-state index contributed by atoms with van der Waals surface area (Å²) >= 11 is 6.12. The molecule has 4 aromatic carbocycles. The highest BCUT2D eigenvalue weighted by Gasteiger charge is 2.26. The summed E-state index contributed by atoms with van der Waals surface area (Å²) in [4.78, 5) is 44.1. The smallest absolute Gasteiger partial charge is 0.269 e. The average Bonchev–Trinajstić information content (AvgIpc) is 3.49. The number of imidazole rings is 1. The molecule has 0 saturated carbocycles. The van der Waals surface area contributed by atoms with Gasteiger partial charge in [0, 0.05) is 60.3 Å². The van der Waals surface area contributed by atoms with Crippen LogP contribution in [-0.2, 0) is 24.3 Å². The van der Waals surface area contributed by atoms with E-state index in [1.165, 1.54) is 12.1 Å². The molecule has 46 heavy (non-hydrogen) atoms. The highest BCUT2D eigenvalue weighted by Crippen LogP contribution is 2.23.